The Bertz CT molecular complexity index is 1750. The maximum atomic E-state index is 13.9. The summed E-state index contributed by atoms with van der Waals surface area (Å²) in [7, 11) is -4.06. The molecule has 6 nitrogen and oxygen atoms in total. The van der Waals surface area contributed by atoms with Crippen molar-refractivity contribution < 1.29 is 22.7 Å². The normalized spacial score (nSPS) is 11.4. The molecule has 0 aliphatic carbocycles. The van der Waals surface area contributed by atoms with Crippen LogP contribution in [0.2, 0.25) is 0 Å². The molecule has 4 aromatic carbocycles. The van der Waals surface area contributed by atoms with Crippen LogP contribution in [0.25, 0.3) is 10.9 Å². The topological polar surface area (TPSA) is 74.6 Å². The second-order valence-corrected chi connectivity index (χ2v) is 11.5. The number of fused-ring (bicyclic) bond motifs is 1. The number of hydrogen-bond donors (Lipinski definition) is 0. The third-order valence-electron chi connectivity index (χ3n) is 6.44. The molecule has 0 radical (unpaired) electrons. The fourth-order valence-corrected chi connectivity index (χ4v) is 6.00. The Hall–Kier alpha value is -4.07. The molecule has 1 aromatic heterocycles. The van der Waals surface area contributed by atoms with E-state index in [1.54, 1.807) is 66.7 Å². The largest absolute Gasteiger partial charge is 0.490 e. The van der Waals surface area contributed by atoms with Gasteiger partial charge in [-0.3, -0.25) is 4.79 Å². The van der Waals surface area contributed by atoms with Crippen LogP contribution in [0, 0.1) is 6.92 Å². The van der Waals surface area contributed by atoms with Gasteiger partial charge in [0.1, 0.15) is 12.3 Å². The van der Waals surface area contributed by atoms with Crippen molar-refractivity contribution in [1.82, 2.24) is 3.97 Å². The van der Waals surface area contributed by atoms with Crippen LogP contribution in [0.4, 0.5) is 0 Å². The van der Waals surface area contributed by atoms with Crippen molar-refractivity contribution in [2.24, 2.45) is 0 Å². The SMILES string of the molecule is Cc1ccc(COc2ccc(C(=O)c3cc4ccccc4n3S(=O)(=O)c3ccccc3)cc2OCCCCl)cc1. The Morgan fingerprint density at radius 1 is 0.825 bits per heavy atom. The van der Waals surface area contributed by atoms with Gasteiger partial charge in [-0.15, -0.1) is 11.6 Å². The maximum Gasteiger partial charge on any atom is 0.268 e. The molecule has 8 heteroatoms. The lowest BCUT2D eigenvalue weighted by Gasteiger charge is -2.15. The third kappa shape index (κ3) is 5.76. The maximum absolute atomic E-state index is 13.9. The minimum atomic E-state index is -4.06. The molecule has 204 valence electrons. The first-order chi connectivity index (χ1) is 19.4. The van der Waals surface area contributed by atoms with Crippen LogP contribution in [0.1, 0.15) is 33.6 Å². The average molecular weight is 574 g/mol. The number of carbonyl (C=O) groups excluding carboxylic acids is 1. The van der Waals surface area contributed by atoms with Crippen molar-refractivity contribution in [2.45, 2.75) is 24.8 Å². The van der Waals surface area contributed by atoms with Gasteiger partial charge in [-0.05, 0) is 61.4 Å². The van der Waals surface area contributed by atoms with E-state index in [0.29, 0.717) is 47.9 Å². The molecule has 0 bridgehead atoms. The first-order valence-corrected chi connectivity index (χ1v) is 14.8. The summed E-state index contributed by atoms with van der Waals surface area (Å²) in [4.78, 5) is 14.0. The fraction of sp³-hybridized carbons (Fsp3) is 0.156. The lowest BCUT2D eigenvalue weighted by Crippen LogP contribution is -2.19. The standard InChI is InChI=1S/C32H28ClNO5S/c1-23-12-14-24(15-13-23)22-39-30-17-16-26(21-31(30)38-19-7-18-33)32(35)29-20-25-8-5-6-11-28(25)34(29)40(36,37)27-9-3-2-4-10-27/h2-6,8-17,20-21H,7,18-19,22H2,1H3. The molecule has 0 aliphatic heterocycles. The van der Waals surface area contributed by atoms with Crippen molar-refractivity contribution >= 4 is 38.3 Å². The van der Waals surface area contributed by atoms with E-state index in [9.17, 15) is 13.2 Å². The van der Waals surface area contributed by atoms with Gasteiger partial charge in [-0.2, -0.15) is 0 Å². The second-order valence-electron chi connectivity index (χ2n) is 9.33. The Labute approximate surface area is 238 Å². The number of alkyl halides is 1. The van der Waals surface area contributed by atoms with E-state index in [4.69, 9.17) is 21.1 Å². The van der Waals surface area contributed by atoms with Crippen molar-refractivity contribution in [3.63, 3.8) is 0 Å². The molecule has 0 saturated heterocycles. The summed E-state index contributed by atoms with van der Waals surface area (Å²) in [5, 5.41) is 0.641. The highest BCUT2D eigenvalue weighted by Gasteiger charge is 2.27. The number of halogens is 1. The van der Waals surface area contributed by atoms with E-state index in [1.165, 1.54) is 12.1 Å². The summed E-state index contributed by atoms with van der Waals surface area (Å²) < 4.78 is 40.6. The van der Waals surface area contributed by atoms with Crippen molar-refractivity contribution in [2.75, 3.05) is 12.5 Å². The lowest BCUT2D eigenvalue weighted by atomic mass is 10.1. The number of para-hydroxylation sites is 1. The first-order valence-electron chi connectivity index (χ1n) is 12.9. The van der Waals surface area contributed by atoms with Crippen molar-refractivity contribution in [1.29, 1.82) is 0 Å². The molecular weight excluding hydrogens is 546 g/mol. The highest BCUT2D eigenvalue weighted by Crippen LogP contribution is 2.32. The summed E-state index contributed by atoms with van der Waals surface area (Å²) in [6.07, 6.45) is 0.612. The summed E-state index contributed by atoms with van der Waals surface area (Å²) in [5.74, 6) is 0.833. The van der Waals surface area contributed by atoms with Gasteiger partial charge in [0.05, 0.1) is 17.0 Å². The predicted octanol–water partition coefficient (Wildman–Crippen LogP) is 7.00. The van der Waals surface area contributed by atoms with Gasteiger partial charge < -0.3 is 9.47 Å². The second kappa shape index (κ2) is 12.0. The van der Waals surface area contributed by atoms with Crippen LogP contribution in [0.5, 0.6) is 11.5 Å². The predicted molar refractivity (Wildman–Crippen MR) is 157 cm³/mol. The van der Waals surface area contributed by atoms with Gasteiger partial charge in [-0.1, -0.05) is 66.2 Å². The minimum absolute atomic E-state index is 0.0325. The Kier molecular flexibility index (Phi) is 8.24. The van der Waals surface area contributed by atoms with Gasteiger partial charge >= 0.3 is 0 Å². The molecule has 0 fully saturated rings. The number of ether oxygens (including phenoxy) is 2. The summed E-state index contributed by atoms with van der Waals surface area (Å²) in [6.45, 7) is 2.68. The molecule has 0 amide bonds. The molecule has 1 heterocycles. The summed E-state index contributed by atoms with van der Waals surface area (Å²) in [5.41, 5.74) is 2.88. The van der Waals surface area contributed by atoms with Gasteiger partial charge in [0.2, 0.25) is 5.78 Å². The molecule has 0 atom stereocenters. The molecule has 40 heavy (non-hydrogen) atoms. The molecule has 5 rings (SSSR count). The van der Waals surface area contributed by atoms with Crippen LogP contribution >= 0.6 is 11.6 Å². The molecule has 0 unspecified atom stereocenters. The highest BCUT2D eigenvalue weighted by molar-refractivity contribution is 7.90. The number of benzene rings is 4. The third-order valence-corrected chi connectivity index (χ3v) is 8.45. The molecular formula is C32H28ClNO5S. The molecule has 0 spiro atoms. The number of nitrogens with zero attached hydrogens (tertiary/aromatic N) is 1. The van der Waals surface area contributed by atoms with Crippen molar-refractivity contribution in [3.05, 3.63) is 126 Å². The zero-order valence-corrected chi connectivity index (χ0v) is 23.5. The van der Waals surface area contributed by atoms with E-state index in [-0.39, 0.29) is 16.2 Å². The van der Waals surface area contributed by atoms with E-state index in [2.05, 4.69) is 0 Å². The zero-order valence-electron chi connectivity index (χ0n) is 21.9. The first kappa shape index (κ1) is 27.5. The van der Waals surface area contributed by atoms with E-state index in [0.717, 1.165) is 15.1 Å². The van der Waals surface area contributed by atoms with Crippen molar-refractivity contribution in [3.8, 4) is 11.5 Å². The molecule has 0 aliphatic rings. The number of aromatic nitrogens is 1. The number of hydrogen-bond acceptors (Lipinski definition) is 5. The fourth-order valence-electron chi connectivity index (χ4n) is 4.36. The smallest absolute Gasteiger partial charge is 0.268 e. The Morgan fingerprint density at radius 2 is 1.55 bits per heavy atom. The van der Waals surface area contributed by atoms with Crippen LogP contribution in [0.15, 0.2) is 108 Å². The zero-order chi connectivity index (χ0) is 28.1. The number of carbonyl (C=O) groups is 1. The lowest BCUT2D eigenvalue weighted by molar-refractivity contribution is 0.103. The Balaban J connectivity index is 1.53. The van der Waals surface area contributed by atoms with E-state index >= 15 is 0 Å². The van der Waals surface area contributed by atoms with E-state index in [1.807, 2.05) is 31.2 Å². The number of ketones is 1. The Morgan fingerprint density at radius 3 is 2.30 bits per heavy atom. The van der Waals surface area contributed by atoms with Gasteiger partial charge in [0.25, 0.3) is 10.0 Å². The molecule has 5 aromatic rings. The van der Waals surface area contributed by atoms with Gasteiger partial charge in [0, 0.05) is 16.8 Å². The number of aryl methyl sites for hydroxylation is 1. The van der Waals surface area contributed by atoms with Gasteiger partial charge in [0.15, 0.2) is 11.5 Å². The van der Waals surface area contributed by atoms with Crippen LogP contribution in [-0.2, 0) is 16.6 Å². The van der Waals surface area contributed by atoms with Gasteiger partial charge in [-0.25, -0.2) is 12.4 Å². The summed E-state index contributed by atoms with van der Waals surface area (Å²) >= 11 is 5.85. The van der Waals surface area contributed by atoms with Crippen LogP contribution < -0.4 is 9.47 Å². The number of rotatable bonds is 11. The quantitative estimate of drug-likeness (QED) is 0.0965. The minimum Gasteiger partial charge on any atom is -0.490 e. The molecule has 0 saturated carbocycles. The summed E-state index contributed by atoms with van der Waals surface area (Å²) in [6, 6.07) is 29.6. The monoisotopic (exact) mass is 573 g/mol. The van der Waals surface area contributed by atoms with Crippen LogP contribution in [0.3, 0.4) is 0 Å². The van der Waals surface area contributed by atoms with Crippen LogP contribution in [-0.4, -0.2) is 30.7 Å². The molecule has 0 N–H and O–H groups in total. The average Bonchev–Trinajstić information content (AvgIpc) is 3.38. The van der Waals surface area contributed by atoms with E-state index < -0.39 is 15.8 Å². The highest BCUT2D eigenvalue weighted by atomic mass is 35.5.